The van der Waals surface area contributed by atoms with Crippen molar-refractivity contribution in [1.29, 1.82) is 0 Å². The smallest absolute Gasteiger partial charge is 0.183 e. The molecule has 0 aliphatic carbocycles. The van der Waals surface area contributed by atoms with Crippen LogP contribution in [0.1, 0.15) is 17.2 Å². The highest BCUT2D eigenvalue weighted by molar-refractivity contribution is 7.91. The van der Waals surface area contributed by atoms with Gasteiger partial charge in [0, 0.05) is 6.04 Å². The van der Waals surface area contributed by atoms with Gasteiger partial charge in [0.2, 0.25) is 0 Å². The van der Waals surface area contributed by atoms with Gasteiger partial charge in [0.1, 0.15) is 10.7 Å². The molecule has 0 radical (unpaired) electrons. The molecule has 1 atom stereocenters. The van der Waals surface area contributed by atoms with Gasteiger partial charge in [-0.05, 0) is 30.2 Å². The highest BCUT2D eigenvalue weighted by Gasteiger charge is 2.23. The number of halogens is 1. The van der Waals surface area contributed by atoms with E-state index >= 15 is 0 Å². The van der Waals surface area contributed by atoms with Gasteiger partial charge in [-0.25, -0.2) is 12.8 Å². The third-order valence-electron chi connectivity index (χ3n) is 3.16. The van der Waals surface area contributed by atoms with E-state index in [1.807, 2.05) is 19.1 Å². The number of aryl methyl sites for hydroxylation is 1. The first-order valence-electron chi connectivity index (χ1n) is 6.20. The summed E-state index contributed by atoms with van der Waals surface area (Å²) >= 11 is 0. The summed E-state index contributed by atoms with van der Waals surface area (Å²) in [5, 5.41) is 0. The largest absolute Gasteiger partial charge is 0.323 e. The van der Waals surface area contributed by atoms with Gasteiger partial charge in [-0.2, -0.15) is 0 Å². The summed E-state index contributed by atoms with van der Waals surface area (Å²) in [7, 11) is -3.76. The lowest BCUT2D eigenvalue weighted by Crippen LogP contribution is -2.23. The normalized spacial score (nSPS) is 13.2. The first-order valence-corrected chi connectivity index (χ1v) is 7.85. The SMILES string of the molecule is Cc1ccccc1C(N)CS(=O)(=O)c1ccccc1F. The van der Waals surface area contributed by atoms with Crippen LogP contribution in [0.15, 0.2) is 53.4 Å². The van der Waals surface area contributed by atoms with Crippen LogP contribution < -0.4 is 5.73 Å². The molecule has 106 valence electrons. The monoisotopic (exact) mass is 293 g/mol. The Hall–Kier alpha value is -1.72. The van der Waals surface area contributed by atoms with E-state index in [1.165, 1.54) is 18.2 Å². The number of hydrogen-bond acceptors (Lipinski definition) is 3. The van der Waals surface area contributed by atoms with Crippen LogP contribution in [0.5, 0.6) is 0 Å². The minimum atomic E-state index is -3.76. The molecule has 2 aromatic carbocycles. The first-order chi connectivity index (χ1) is 9.42. The minimum absolute atomic E-state index is 0.302. The van der Waals surface area contributed by atoms with Crippen LogP contribution in [0.2, 0.25) is 0 Å². The van der Waals surface area contributed by atoms with Crippen molar-refractivity contribution in [1.82, 2.24) is 0 Å². The quantitative estimate of drug-likeness (QED) is 0.942. The first kappa shape index (κ1) is 14.7. The highest BCUT2D eigenvalue weighted by atomic mass is 32.2. The number of hydrogen-bond donors (Lipinski definition) is 1. The Kier molecular flexibility index (Phi) is 4.20. The second kappa shape index (κ2) is 5.73. The van der Waals surface area contributed by atoms with Crippen LogP contribution in [-0.2, 0) is 9.84 Å². The van der Waals surface area contributed by atoms with Gasteiger partial charge in [-0.3, -0.25) is 0 Å². The lowest BCUT2D eigenvalue weighted by atomic mass is 10.0. The Bertz CT molecular complexity index is 713. The maximum atomic E-state index is 13.6. The third kappa shape index (κ3) is 3.05. The number of benzene rings is 2. The van der Waals surface area contributed by atoms with E-state index in [-0.39, 0.29) is 10.6 Å². The summed E-state index contributed by atoms with van der Waals surface area (Å²) in [5.74, 6) is -1.07. The third-order valence-corrected chi connectivity index (χ3v) is 4.96. The second-order valence-electron chi connectivity index (χ2n) is 4.67. The van der Waals surface area contributed by atoms with Crippen molar-refractivity contribution in [3.8, 4) is 0 Å². The molecule has 0 fully saturated rings. The molecule has 0 bridgehead atoms. The fourth-order valence-electron chi connectivity index (χ4n) is 2.12. The highest BCUT2D eigenvalue weighted by Crippen LogP contribution is 2.22. The predicted octanol–water partition coefficient (Wildman–Crippen LogP) is 2.61. The van der Waals surface area contributed by atoms with Crippen LogP contribution >= 0.6 is 0 Å². The van der Waals surface area contributed by atoms with Crippen molar-refractivity contribution in [2.24, 2.45) is 5.73 Å². The van der Waals surface area contributed by atoms with Crippen LogP contribution in [0.25, 0.3) is 0 Å². The Labute approximate surface area is 118 Å². The van der Waals surface area contributed by atoms with Gasteiger partial charge in [0.05, 0.1) is 5.75 Å². The molecule has 0 aliphatic heterocycles. The van der Waals surface area contributed by atoms with Crippen molar-refractivity contribution in [3.05, 3.63) is 65.5 Å². The topological polar surface area (TPSA) is 60.2 Å². The Morgan fingerprint density at radius 3 is 2.35 bits per heavy atom. The van der Waals surface area contributed by atoms with E-state index in [0.717, 1.165) is 17.2 Å². The summed E-state index contributed by atoms with van der Waals surface area (Å²) in [5.41, 5.74) is 7.64. The predicted molar refractivity (Wildman–Crippen MR) is 76.6 cm³/mol. The van der Waals surface area contributed by atoms with Gasteiger partial charge in [-0.1, -0.05) is 36.4 Å². The molecule has 1 unspecified atom stereocenters. The Morgan fingerprint density at radius 2 is 1.70 bits per heavy atom. The molecule has 5 heteroatoms. The van der Waals surface area contributed by atoms with E-state index in [1.54, 1.807) is 12.1 Å². The molecule has 20 heavy (non-hydrogen) atoms. The lowest BCUT2D eigenvalue weighted by Gasteiger charge is -2.15. The standard InChI is InChI=1S/C15H16FNO2S/c1-11-6-2-3-7-12(11)14(17)10-20(18,19)15-9-5-4-8-13(15)16/h2-9,14H,10,17H2,1H3. The fraction of sp³-hybridized carbons (Fsp3) is 0.200. The molecule has 2 rings (SSSR count). The number of sulfone groups is 1. The molecular formula is C15H16FNO2S. The molecular weight excluding hydrogens is 277 g/mol. The zero-order valence-electron chi connectivity index (χ0n) is 11.1. The molecule has 2 aromatic rings. The Morgan fingerprint density at radius 1 is 1.10 bits per heavy atom. The van der Waals surface area contributed by atoms with E-state index in [4.69, 9.17) is 5.73 Å². The van der Waals surface area contributed by atoms with Gasteiger partial charge in [-0.15, -0.1) is 0 Å². The van der Waals surface area contributed by atoms with E-state index < -0.39 is 21.7 Å². The maximum absolute atomic E-state index is 13.6. The average Bonchev–Trinajstić information content (AvgIpc) is 2.38. The van der Waals surface area contributed by atoms with Crippen molar-refractivity contribution < 1.29 is 12.8 Å². The van der Waals surface area contributed by atoms with Crippen molar-refractivity contribution >= 4 is 9.84 Å². The summed E-state index contributed by atoms with van der Waals surface area (Å²) in [6.45, 7) is 1.87. The molecule has 2 N–H and O–H groups in total. The summed E-state index contributed by atoms with van der Waals surface area (Å²) in [6.07, 6.45) is 0. The van der Waals surface area contributed by atoms with Gasteiger partial charge >= 0.3 is 0 Å². The Balaban J connectivity index is 2.30. The van der Waals surface area contributed by atoms with Crippen molar-refractivity contribution in [3.63, 3.8) is 0 Å². The zero-order chi connectivity index (χ0) is 14.8. The van der Waals surface area contributed by atoms with Crippen molar-refractivity contribution in [2.45, 2.75) is 17.9 Å². The molecule has 0 saturated heterocycles. The van der Waals surface area contributed by atoms with E-state index in [0.29, 0.717) is 0 Å². The fourth-order valence-corrected chi connectivity index (χ4v) is 3.60. The number of nitrogens with two attached hydrogens (primary N) is 1. The minimum Gasteiger partial charge on any atom is -0.323 e. The molecule has 0 aromatic heterocycles. The zero-order valence-corrected chi connectivity index (χ0v) is 11.9. The van der Waals surface area contributed by atoms with Crippen molar-refractivity contribution in [2.75, 3.05) is 5.75 Å². The maximum Gasteiger partial charge on any atom is 0.183 e. The molecule has 0 amide bonds. The summed E-state index contributed by atoms with van der Waals surface area (Å²) in [6, 6.07) is 12.0. The van der Waals surface area contributed by atoms with E-state index in [9.17, 15) is 12.8 Å². The van der Waals surface area contributed by atoms with Gasteiger partial charge in [0.15, 0.2) is 9.84 Å². The second-order valence-corrected chi connectivity index (χ2v) is 6.68. The average molecular weight is 293 g/mol. The summed E-state index contributed by atoms with van der Waals surface area (Å²) in [4.78, 5) is -0.302. The molecule has 0 aliphatic rings. The van der Waals surface area contributed by atoms with Crippen LogP contribution in [0.3, 0.4) is 0 Å². The lowest BCUT2D eigenvalue weighted by molar-refractivity contribution is 0.562. The summed E-state index contributed by atoms with van der Waals surface area (Å²) < 4.78 is 38.1. The molecule has 0 heterocycles. The number of rotatable bonds is 4. The molecule has 3 nitrogen and oxygen atoms in total. The van der Waals surface area contributed by atoms with Crippen LogP contribution in [0.4, 0.5) is 4.39 Å². The van der Waals surface area contributed by atoms with Crippen LogP contribution in [-0.4, -0.2) is 14.2 Å². The van der Waals surface area contributed by atoms with Gasteiger partial charge < -0.3 is 5.73 Å². The molecule has 0 spiro atoms. The van der Waals surface area contributed by atoms with E-state index in [2.05, 4.69) is 0 Å². The van der Waals surface area contributed by atoms with Crippen LogP contribution in [0, 0.1) is 12.7 Å². The van der Waals surface area contributed by atoms with Gasteiger partial charge in [0.25, 0.3) is 0 Å². The molecule has 0 saturated carbocycles.